The lowest BCUT2D eigenvalue weighted by Crippen LogP contribution is -2.27. The van der Waals surface area contributed by atoms with E-state index in [4.69, 9.17) is 4.42 Å². The molecular formula is C16H12FN3O3. The third-order valence-electron chi connectivity index (χ3n) is 3.11. The smallest absolute Gasteiger partial charge is 0.254 e. The fraction of sp³-hybridized carbons (Fsp3) is 0.0625. The van der Waals surface area contributed by atoms with Crippen LogP contribution in [0.3, 0.4) is 0 Å². The van der Waals surface area contributed by atoms with Crippen LogP contribution in [-0.2, 0) is 11.3 Å². The summed E-state index contributed by atoms with van der Waals surface area (Å²) in [6.45, 7) is -0.265. The number of hydrogen-bond donors (Lipinski definition) is 1. The molecule has 3 aromatic rings. The predicted octanol–water partition coefficient (Wildman–Crippen LogP) is 2.28. The maximum atomic E-state index is 13.5. The molecule has 3 rings (SSSR count). The summed E-state index contributed by atoms with van der Waals surface area (Å²) in [5.74, 6) is -0.603. The van der Waals surface area contributed by atoms with Crippen molar-refractivity contribution in [2.24, 2.45) is 0 Å². The molecule has 1 N–H and O–H groups in total. The number of aromatic nitrogens is 2. The Balaban J connectivity index is 1.74. The molecule has 0 saturated carbocycles. The zero-order valence-corrected chi connectivity index (χ0v) is 11.9. The zero-order valence-electron chi connectivity index (χ0n) is 11.9. The maximum absolute atomic E-state index is 13.5. The number of amides is 1. The van der Waals surface area contributed by atoms with Crippen LogP contribution in [0.4, 0.5) is 10.1 Å². The van der Waals surface area contributed by atoms with Crippen LogP contribution < -0.4 is 10.9 Å². The Kier molecular flexibility index (Phi) is 4.01. The van der Waals surface area contributed by atoms with Gasteiger partial charge in [-0.3, -0.25) is 14.2 Å². The normalized spacial score (nSPS) is 10.5. The minimum absolute atomic E-state index is 0.0608. The van der Waals surface area contributed by atoms with Crippen LogP contribution in [0, 0.1) is 5.82 Å². The largest absolute Gasteiger partial charge is 0.463 e. The van der Waals surface area contributed by atoms with E-state index in [1.807, 2.05) is 0 Å². The average molecular weight is 313 g/mol. The molecule has 0 fully saturated rings. The highest BCUT2D eigenvalue weighted by Crippen LogP contribution is 2.15. The van der Waals surface area contributed by atoms with Gasteiger partial charge < -0.3 is 9.73 Å². The standard InChI is InChI=1S/C16H12FN3O3/c17-11-4-1-2-5-12(11)19-15(21)9-20-10-18-13(8-16(20)22)14-6-3-7-23-14/h1-8,10H,9H2,(H,19,21). The van der Waals surface area contributed by atoms with E-state index in [-0.39, 0.29) is 12.2 Å². The van der Waals surface area contributed by atoms with Crippen LogP contribution in [0.15, 0.2) is 64.3 Å². The molecule has 0 aliphatic carbocycles. The highest BCUT2D eigenvalue weighted by molar-refractivity contribution is 5.90. The van der Waals surface area contributed by atoms with Gasteiger partial charge in [-0.1, -0.05) is 12.1 Å². The molecule has 0 radical (unpaired) electrons. The SMILES string of the molecule is O=C(Cn1cnc(-c2ccco2)cc1=O)Nc1ccccc1F. The van der Waals surface area contributed by atoms with Crippen LogP contribution in [0.1, 0.15) is 0 Å². The molecule has 6 nitrogen and oxygen atoms in total. The first-order valence-electron chi connectivity index (χ1n) is 6.78. The molecule has 0 aliphatic rings. The molecule has 23 heavy (non-hydrogen) atoms. The second kappa shape index (κ2) is 6.27. The van der Waals surface area contributed by atoms with Crippen molar-refractivity contribution in [2.45, 2.75) is 6.54 Å². The van der Waals surface area contributed by atoms with E-state index in [0.717, 1.165) is 4.57 Å². The number of nitrogens with zero attached hydrogens (tertiary/aromatic N) is 2. The van der Waals surface area contributed by atoms with E-state index in [9.17, 15) is 14.0 Å². The maximum Gasteiger partial charge on any atom is 0.254 e. The first-order valence-corrected chi connectivity index (χ1v) is 6.78. The summed E-state index contributed by atoms with van der Waals surface area (Å²) in [6.07, 6.45) is 2.73. The molecule has 0 bridgehead atoms. The topological polar surface area (TPSA) is 77.1 Å². The first-order chi connectivity index (χ1) is 11.1. The van der Waals surface area contributed by atoms with Gasteiger partial charge in [0.1, 0.15) is 18.1 Å². The van der Waals surface area contributed by atoms with Gasteiger partial charge in [0, 0.05) is 6.07 Å². The van der Waals surface area contributed by atoms with E-state index < -0.39 is 17.3 Å². The van der Waals surface area contributed by atoms with Gasteiger partial charge in [-0.25, -0.2) is 9.37 Å². The first kappa shape index (κ1) is 14.7. The van der Waals surface area contributed by atoms with Crippen LogP contribution in [-0.4, -0.2) is 15.5 Å². The summed E-state index contributed by atoms with van der Waals surface area (Å²) in [6, 6.07) is 10.4. The number of para-hydroxylation sites is 1. The van der Waals surface area contributed by atoms with Crippen LogP contribution in [0.25, 0.3) is 11.5 Å². The van der Waals surface area contributed by atoms with E-state index in [2.05, 4.69) is 10.3 Å². The van der Waals surface area contributed by atoms with Gasteiger partial charge >= 0.3 is 0 Å². The molecule has 2 heterocycles. The molecule has 0 atom stereocenters. The van der Waals surface area contributed by atoms with Crippen molar-refractivity contribution >= 4 is 11.6 Å². The fourth-order valence-corrected chi connectivity index (χ4v) is 2.01. The molecule has 2 aromatic heterocycles. The second-order valence-electron chi connectivity index (χ2n) is 4.75. The highest BCUT2D eigenvalue weighted by Gasteiger charge is 2.10. The summed E-state index contributed by atoms with van der Waals surface area (Å²) in [7, 11) is 0. The Morgan fingerprint density at radius 2 is 2.09 bits per heavy atom. The number of hydrogen-bond acceptors (Lipinski definition) is 4. The summed E-state index contributed by atoms with van der Waals surface area (Å²) in [4.78, 5) is 28.0. The highest BCUT2D eigenvalue weighted by atomic mass is 19.1. The van der Waals surface area contributed by atoms with Gasteiger partial charge in [0.15, 0.2) is 5.76 Å². The minimum Gasteiger partial charge on any atom is -0.463 e. The Morgan fingerprint density at radius 3 is 2.78 bits per heavy atom. The summed E-state index contributed by atoms with van der Waals surface area (Å²) in [5.41, 5.74) is 0.0339. The number of anilines is 1. The third kappa shape index (κ3) is 3.34. The van der Waals surface area contributed by atoms with Crippen LogP contribution >= 0.6 is 0 Å². The Labute approximate surface area is 130 Å². The quantitative estimate of drug-likeness (QED) is 0.801. The van der Waals surface area contributed by atoms with E-state index in [1.165, 1.54) is 36.9 Å². The average Bonchev–Trinajstić information content (AvgIpc) is 3.06. The molecular weight excluding hydrogens is 301 g/mol. The zero-order chi connectivity index (χ0) is 16.2. The summed E-state index contributed by atoms with van der Waals surface area (Å²) >= 11 is 0. The Hall–Kier alpha value is -3.22. The molecule has 1 aromatic carbocycles. The van der Waals surface area contributed by atoms with Crippen molar-refractivity contribution in [2.75, 3.05) is 5.32 Å². The Bertz CT molecular complexity index is 888. The number of benzene rings is 1. The van der Waals surface area contributed by atoms with Crippen LogP contribution in [0.2, 0.25) is 0 Å². The molecule has 7 heteroatoms. The minimum atomic E-state index is -0.542. The van der Waals surface area contributed by atoms with Crippen molar-refractivity contribution in [3.05, 3.63) is 71.2 Å². The lowest BCUT2D eigenvalue weighted by Gasteiger charge is -2.08. The molecule has 0 unspecified atom stereocenters. The van der Waals surface area contributed by atoms with E-state index in [1.54, 1.807) is 18.2 Å². The van der Waals surface area contributed by atoms with E-state index >= 15 is 0 Å². The summed E-state index contributed by atoms with van der Waals surface area (Å²) in [5, 5.41) is 2.41. The molecule has 0 aliphatic heterocycles. The van der Waals surface area contributed by atoms with Gasteiger partial charge in [0.25, 0.3) is 5.56 Å². The van der Waals surface area contributed by atoms with E-state index in [0.29, 0.717) is 11.5 Å². The molecule has 1 amide bonds. The molecule has 0 saturated heterocycles. The van der Waals surface area contributed by atoms with Gasteiger partial charge in [-0.2, -0.15) is 0 Å². The van der Waals surface area contributed by atoms with Crippen molar-refractivity contribution in [1.29, 1.82) is 0 Å². The van der Waals surface area contributed by atoms with Gasteiger partial charge in [0.2, 0.25) is 5.91 Å². The van der Waals surface area contributed by atoms with Gasteiger partial charge in [-0.15, -0.1) is 0 Å². The second-order valence-corrected chi connectivity index (χ2v) is 4.75. The number of halogens is 1. The number of carbonyl (C=O) groups excluding carboxylic acids is 1. The van der Waals surface area contributed by atoms with Gasteiger partial charge in [-0.05, 0) is 24.3 Å². The van der Waals surface area contributed by atoms with Crippen molar-refractivity contribution in [3.63, 3.8) is 0 Å². The van der Waals surface area contributed by atoms with Crippen molar-refractivity contribution in [3.8, 4) is 11.5 Å². The Morgan fingerprint density at radius 1 is 1.26 bits per heavy atom. The fourth-order valence-electron chi connectivity index (χ4n) is 2.01. The number of rotatable bonds is 4. The molecule has 116 valence electrons. The van der Waals surface area contributed by atoms with Gasteiger partial charge in [0.05, 0.1) is 18.3 Å². The van der Waals surface area contributed by atoms with Crippen molar-refractivity contribution in [1.82, 2.24) is 9.55 Å². The van der Waals surface area contributed by atoms with Crippen LogP contribution in [0.5, 0.6) is 0 Å². The third-order valence-corrected chi connectivity index (χ3v) is 3.11. The summed E-state index contributed by atoms with van der Waals surface area (Å²) < 4.78 is 19.8. The van der Waals surface area contributed by atoms with Crippen molar-refractivity contribution < 1.29 is 13.6 Å². The number of carbonyl (C=O) groups is 1. The molecule has 0 spiro atoms. The number of furan rings is 1. The monoisotopic (exact) mass is 313 g/mol. The number of nitrogens with one attached hydrogen (secondary N) is 1. The predicted molar refractivity (Wildman–Crippen MR) is 81.2 cm³/mol. The lowest BCUT2D eigenvalue weighted by molar-refractivity contribution is -0.116. The lowest BCUT2D eigenvalue weighted by atomic mass is 10.3.